The predicted octanol–water partition coefficient (Wildman–Crippen LogP) is 4.20. The second kappa shape index (κ2) is 6.75. The molecule has 0 amide bonds. The molecular weight excluding hydrogens is 322 g/mol. The van der Waals surface area contributed by atoms with Gasteiger partial charge in [0.2, 0.25) is 11.7 Å². The fourth-order valence-electron chi connectivity index (χ4n) is 3.11. The Kier molecular flexibility index (Phi) is 4.69. The molecule has 0 saturated heterocycles. The number of benzene rings is 2. The first-order valence-electron chi connectivity index (χ1n) is 7.95. The van der Waals surface area contributed by atoms with Crippen LogP contribution in [-0.4, -0.2) is 10.1 Å². The highest BCUT2D eigenvalue weighted by Crippen LogP contribution is 2.54. The SMILES string of the molecule is Cc1ccccc1C1CC1c1nc(-c2ccc(CN)cc2)no1.Cl. The average molecular weight is 342 g/mol. The smallest absolute Gasteiger partial charge is 0.230 e. The van der Waals surface area contributed by atoms with Crippen molar-refractivity contribution in [3.8, 4) is 11.4 Å². The van der Waals surface area contributed by atoms with Gasteiger partial charge in [-0.2, -0.15) is 4.98 Å². The minimum Gasteiger partial charge on any atom is -0.339 e. The van der Waals surface area contributed by atoms with Crippen molar-refractivity contribution in [2.75, 3.05) is 0 Å². The lowest BCUT2D eigenvalue weighted by molar-refractivity contribution is 0.378. The van der Waals surface area contributed by atoms with Gasteiger partial charge in [-0.3, -0.25) is 0 Å². The summed E-state index contributed by atoms with van der Waals surface area (Å²) in [6.07, 6.45) is 1.08. The Labute approximate surface area is 147 Å². The van der Waals surface area contributed by atoms with Gasteiger partial charge in [0, 0.05) is 18.0 Å². The Morgan fingerprint density at radius 1 is 1.08 bits per heavy atom. The van der Waals surface area contributed by atoms with Gasteiger partial charge in [0.1, 0.15) is 0 Å². The molecule has 1 aliphatic carbocycles. The maximum atomic E-state index is 5.62. The number of halogens is 1. The first kappa shape index (κ1) is 16.7. The van der Waals surface area contributed by atoms with Crippen molar-refractivity contribution in [3.63, 3.8) is 0 Å². The monoisotopic (exact) mass is 341 g/mol. The number of rotatable bonds is 4. The second-order valence-corrected chi connectivity index (χ2v) is 6.16. The normalized spacial score (nSPS) is 18.9. The Morgan fingerprint density at radius 2 is 1.83 bits per heavy atom. The molecule has 2 unspecified atom stereocenters. The van der Waals surface area contributed by atoms with Crippen molar-refractivity contribution >= 4 is 12.4 Å². The van der Waals surface area contributed by atoms with Crippen molar-refractivity contribution in [1.82, 2.24) is 10.1 Å². The lowest BCUT2D eigenvalue weighted by atomic mass is 10.0. The predicted molar refractivity (Wildman–Crippen MR) is 96.2 cm³/mol. The highest BCUT2D eigenvalue weighted by atomic mass is 35.5. The summed E-state index contributed by atoms with van der Waals surface area (Å²) in [5.74, 6) is 2.25. The molecule has 124 valence electrons. The van der Waals surface area contributed by atoms with Crippen LogP contribution in [0.4, 0.5) is 0 Å². The van der Waals surface area contributed by atoms with Gasteiger partial charge in [0.05, 0.1) is 0 Å². The van der Waals surface area contributed by atoms with Gasteiger partial charge in [-0.05, 0) is 36.0 Å². The van der Waals surface area contributed by atoms with E-state index < -0.39 is 0 Å². The molecule has 1 aromatic heterocycles. The molecule has 1 fully saturated rings. The lowest BCUT2D eigenvalue weighted by Gasteiger charge is -2.02. The lowest BCUT2D eigenvalue weighted by Crippen LogP contribution is -1.95. The molecule has 3 aromatic rings. The van der Waals surface area contributed by atoms with Crippen LogP contribution in [-0.2, 0) is 6.54 Å². The number of hydrogen-bond acceptors (Lipinski definition) is 4. The van der Waals surface area contributed by atoms with Crippen molar-refractivity contribution in [2.24, 2.45) is 5.73 Å². The quantitative estimate of drug-likeness (QED) is 0.772. The zero-order valence-corrected chi connectivity index (χ0v) is 14.3. The summed E-state index contributed by atoms with van der Waals surface area (Å²) >= 11 is 0. The zero-order valence-electron chi connectivity index (χ0n) is 13.5. The summed E-state index contributed by atoms with van der Waals surface area (Å²) in [6.45, 7) is 2.70. The summed E-state index contributed by atoms with van der Waals surface area (Å²) in [5.41, 5.74) is 10.4. The molecule has 1 aliphatic rings. The van der Waals surface area contributed by atoms with Crippen LogP contribution in [0.2, 0.25) is 0 Å². The van der Waals surface area contributed by atoms with Crippen molar-refractivity contribution in [3.05, 3.63) is 71.1 Å². The number of aryl methyl sites for hydroxylation is 1. The van der Waals surface area contributed by atoms with Crippen LogP contribution in [0.1, 0.15) is 40.8 Å². The van der Waals surface area contributed by atoms with Crippen LogP contribution >= 0.6 is 12.4 Å². The van der Waals surface area contributed by atoms with Crippen LogP contribution in [0.25, 0.3) is 11.4 Å². The summed E-state index contributed by atoms with van der Waals surface area (Å²) in [6, 6.07) is 16.5. The van der Waals surface area contributed by atoms with Crippen molar-refractivity contribution < 1.29 is 4.52 Å². The van der Waals surface area contributed by atoms with Crippen molar-refractivity contribution in [2.45, 2.75) is 31.7 Å². The molecule has 4 rings (SSSR count). The number of hydrogen-bond donors (Lipinski definition) is 1. The highest BCUT2D eigenvalue weighted by molar-refractivity contribution is 5.85. The van der Waals surface area contributed by atoms with E-state index in [1.54, 1.807) is 0 Å². The van der Waals surface area contributed by atoms with Gasteiger partial charge in [0.15, 0.2) is 0 Å². The van der Waals surface area contributed by atoms with Gasteiger partial charge < -0.3 is 10.3 Å². The number of nitrogens with two attached hydrogens (primary N) is 1. The van der Waals surface area contributed by atoms with Crippen LogP contribution < -0.4 is 5.73 Å². The minimum atomic E-state index is 0. The van der Waals surface area contributed by atoms with E-state index >= 15 is 0 Å². The van der Waals surface area contributed by atoms with Crippen LogP contribution in [0.5, 0.6) is 0 Å². The van der Waals surface area contributed by atoms with Gasteiger partial charge in [-0.15, -0.1) is 12.4 Å². The maximum Gasteiger partial charge on any atom is 0.230 e. The van der Waals surface area contributed by atoms with Crippen LogP contribution in [0.15, 0.2) is 53.1 Å². The molecule has 2 aromatic carbocycles. The third-order valence-corrected chi connectivity index (χ3v) is 4.59. The van der Waals surface area contributed by atoms with Gasteiger partial charge in [0.25, 0.3) is 0 Å². The molecule has 2 atom stereocenters. The average Bonchev–Trinajstić information content (AvgIpc) is 3.23. The van der Waals surface area contributed by atoms with Crippen molar-refractivity contribution in [1.29, 1.82) is 0 Å². The Morgan fingerprint density at radius 3 is 2.54 bits per heavy atom. The largest absolute Gasteiger partial charge is 0.339 e. The molecule has 24 heavy (non-hydrogen) atoms. The molecule has 1 heterocycles. The summed E-state index contributed by atoms with van der Waals surface area (Å²) in [7, 11) is 0. The number of aromatic nitrogens is 2. The van der Waals surface area contributed by atoms with E-state index in [0.717, 1.165) is 23.4 Å². The first-order chi connectivity index (χ1) is 11.3. The second-order valence-electron chi connectivity index (χ2n) is 6.16. The van der Waals surface area contributed by atoms with Gasteiger partial charge in [-0.25, -0.2) is 0 Å². The van der Waals surface area contributed by atoms with Gasteiger partial charge in [-0.1, -0.05) is 53.7 Å². The molecule has 5 heteroatoms. The van der Waals surface area contributed by atoms with Gasteiger partial charge >= 0.3 is 0 Å². The molecule has 2 N–H and O–H groups in total. The zero-order chi connectivity index (χ0) is 15.8. The first-order valence-corrected chi connectivity index (χ1v) is 7.95. The summed E-state index contributed by atoms with van der Waals surface area (Å²) < 4.78 is 5.51. The van der Waals surface area contributed by atoms with Crippen LogP contribution in [0.3, 0.4) is 0 Å². The summed E-state index contributed by atoms with van der Waals surface area (Å²) in [5, 5.41) is 4.14. The van der Waals surface area contributed by atoms with E-state index in [4.69, 9.17) is 10.3 Å². The molecule has 4 nitrogen and oxygen atoms in total. The Balaban J connectivity index is 0.00000169. The van der Waals surface area contributed by atoms with E-state index in [2.05, 4.69) is 41.3 Å². The fraction of sp³-hybridized carbons (Fsp3) is 0.263. The van der Waals surface area contributed by atoms with E-state index in [0.29, 0.717) is 24.2 Å². The molecule has 0 spiro atoms. The maximum absolute atomic E-state index is 5.62. The topological polar surface area (TPSA) is 64.9 Å². The third kappa shape index (κ3) is 3.07. The standard InChI is InChI=1S/C19H19N3O.ClH/c1-12-4-2-3-5-15(12)16-10-17(16)19-21-18(22-23-19)14-8-6-13(11-20)7-9-14;/h2-9,16-17H,10-11,20H2,1H3;1H. The van der Waals surface area contributed by atoms with E-state index in [1.807, 2.05) is 24.3 Å². The Bertz CT molecular complexity index is 829. The summed E-state index contributed by atoms with van der Waals surface area (Å²) in [4.78, 5) is 4.59. The fourth-order valence-corrected chi connectivity index (χ4v) is 3.11. The molecular formula is C19H20ClN3O. The molecule has 1 saturated carbocycles. The van der Waals surface area contributed by atoms with E-state index in [1.165, 1.54) is 11.1 Å². The Hall–Kier alpha value is -2.17. The molecule has 0 aliphatic heterocycles. The number of nitrogens with zero attached hydrogens (tertiary/aromatic N) is 2. The third-order valence-electron chi connectivity index (χ3n) is 4.59. The van der Waals surface area contributed by atoms with E-state index in [9.17, 15) is 0 Å². The van der Waals surface area contributed by atoms with E-state index in [-0.39, 0.29) is 12.4 Å². The van der Waals surface area contributed by atoms with Crippen LogP contribution in [0, 0.1) is 6.92 Å². The minimum absolute atomic E-state index is 0. The molecule has 0 radical (unpaired) electrons. The molecule has 0 bridgehead atoms. The highest BCUT2D eigenvalue weighted by Gasteiger charge is 2.44.